The lowest BCUT2D eigenvalue weighted by Gasteiger charge is -2.09. The number of carbonyl (C=O) groups is 1. The van der Waals surface area contributed by atoms with Gasteiger partial charge in [-0.05, 0) is 31.0 Å². The van der Waals surface area contributed by atoms with Gasteiger partial charge in [0.1, 0.15) is 11.3 Å². The number of nitrogens with one attached hydrogen (secondary N) is 2. The summed E-state index contributed by atoms with van der Waals surface area (Å²) in [5.41, 5.74) is -0.960. The maximum absolute atomic E-state index is 12.5. The van der Waals surface area contributed by atoms with Crippen molar-refractivity contribution in [3.05, 3.63) is 84.9 Å². The van der Waals surface area contributed by atoms with Crippen molar-refractivity contribution in [1.29, 1.82) is 0 Å². The first kappa shape index (κ1) is 18.7. The standard InChI is InChI=1S/C19H19N5O5/c25-16-6-5-15(12-3-4-12)22-24(16)8-7-20-17(26)14-10-21-19(28)23(18(14)27)11-13-2-1-9-29-13/h1-2,5-6,9-10,12H,3-4,7-8,11H2,(H,20,26)(H,21,28). The molecular weight excluding hydrogens is 378 g/mol. The smallest absolute Gasteiger partial charge is 0.328 e. The molecule has 1 saturated carbocycles. The molecule has 0 saturated heterocycles. The van der Waals surface area contributed by atoms with E-state index in [1.165, 1.54) is 17.0 Å². The Morgan fingerprint density at radius 1 is 1.24 bits per heavy atom. The monoisotopic (exact) mass is 397 g/mol. The molecule has 3 aromatic rings. The third-order valence-corrected chi connectivity index (χ3v) is 4.69. The zero-order valence-corrected chi connectivity index (χ0v) is 15.5. The second-order valence-corrected chi connectivity index (χ2v) is 6.83. The van der Waals surface area contributed by atoms with Gasteiger partial charge in [0.25, 0.3) is 17.0 Å². The minimum Gasteiger partial charge on any atom is -0.467 e. The van der Waals surface area contributed by atoms with Crippen molar-refractivity contribution in [2.75, 3.05) is 6.54 Å². The number of hydrogen-bond donors (Lipinski definition) is 2. The summed E-state index contributed by atoms with van der Waals surface area (Å²) < 4.78 is 7.34. The van der Waals surface area contributed by atoms with Crippen LogP contribution in [-0.4, -0.2) is 31.8 Å². The van der Waals surface area contributed by atoms with E-state index < -0.39 is 17.2 Å². The molecule has 10 nitrogen and oxygen atoms in total. The quantitative estimate of drug-likeness (QED) is 0.579. The Bertz CT molecular complexity index is 1200. The van der Waals surface area contributed by atoms with E-state index in [9.17, 15) is 19.2 Å². The number of amides is 1. The number of hydrogen-bond acceptors (Lipinski definition) is 6. The zero-order chi connectivity index (χ0) is 20.4. The van der Waals surface area contributed by atoms with Gasteiger partial charge in [-0.2, -0.15) is 5.10 Å². The van der Waals surface area contributed by atoms with E-state index in [4.69, 9.17) is 4.42 Å². The fourth-order valence-corrected chi connectivity index (χ4v) is 2.97. The molecule has 0 aliphatic heterocycles. The van der Waals surface area contributed by atoms with E-state index in [-0.39, 0.29) is 30.8 Å². The highest BCUT2D eigenvalue weighted by molar-refractivity contribution is 5.93. The SMILES string of the molecule is O=C(NCCn1nc(C2CC2)ccc1=O)c1c[nH]c(=O)n(Cc2ccco2)c1=O. The minimum atomic E-state index is -0.728. The Kier molecular flexibility index (Phi) is 4.98. The first-order valence-electron chi connectivity index (χ1n) is 9.24. The molecule has 0 aromatic carbocycles. The van der Waals surface area contributed by atoms with E-state index >= 15 is 0 Å². The predicted octanol–water partition coefficient (Wildman–Crippen LogP) is 0.0420. The summed E-state index contributed by atoms with van der Waals surface area (Å²) in [6.45, 7) is 0.196. The summed E-state index contributed by atoms with van der Waals surface area (Å²) in [5.74, 6) is 0.173. The van der Waals surface area contributed by atoms with Crippen LogP contribution in [0, 0.1) is 0 Å². The summed E-state index contributed by atoms with van der Waals surface area (Å²) in [7, 11) is 0. The van der Waals surface area contributed by atoms with Crippen LogP contribution in [0.15, 0.2) is 55.5 Å². The average molecular weight is 397 g/mol. The summed E-state index contributed by atoms with van der Waals surface area (Å²) in [6, 6.07) is 6.47. The normalized spacial score (nSPS) is 13.4. The Morgan fingerprint density at radius 2 is 2.07 bits per heavy atom. The maximum atomic E-state index is 12.5. The van der Waals surface area contributed by atoms with Gasteiger partial charge in [0, 0.05) is 24.7 Å². The largest absolute Gasteiger partial charge is 0.467 e. The molecular formula is C19H19N5O5. The third-order valence-electron chi connectivity index (χ3n) is 4.69. The molecule has 29 heavy (non-hydrogen) atoms. The van der Waals surface area contributed by atoms with Crippen molar-refractivity contribution in [1.82, 2.24) is 24.6 Å². The van der Waals surface area contributed by atoms with Crippen LogP contribution in [0.2, 0.25) is 0 Å². The Labute approximate surface area is 163 Å². The Balaban J connectivity index is 1.45. The molecule has 0 radical (unpaired) electrons. The van der Waals surface area contributed by atoms with Crippen LogP contribution in [0.5, 0.6) is 0 Å². The lowest BCUT2D eigenvalue weighted by atomic mass is 10.3. The lowest BCUT2D eigenvalue weighted by molar-refractivity contribution is 0.0949. The van der Waals surface area contributed by atoms with Crippen molar-refractivity contribution in [3.63, 3.8) is 0 Å². The van der Waals surface area contributed by atoms with Gasteiger partial charge in [-0.1, -0.05) is 0 Å². The van der Waals surface area contributed by atoms with Crippen molar-refractivity contribution in [2.24, 2.45) is 0 Å². The van der Waals surface area contributed by atoms with Gasteiger partial charge in [0.15, 0.2) is 0 Å². The van der Waals surface area contributed by atoms with Crippen LogP contribution in [0.25, 0.3) is 0 Å². The van der Waals surface area contributed by atoms with Crippen molar-refractivity contribution in [3.8, 4) is 0 Å². The summed E-state index contributed by atoms with van der Waals surface area (Å²) in [6.07, 6.45) is 4.65. The number of rotatable bonds is 7. The topological polar surface area (TPSA) is 132 Å². The van der Waals surface area contributed by atoms with Crippen LogP contribution >= 0.6 is 0 Å². The molecule has 1 aliphatic carbocycles. The molecule has 1 aliphatic rings. The molecule has 0 unspecified atom stereocenters. The molecule has 4 rings (SSSR count). The molecule has 150 valence electrons. The summed E-state index contributed by atoms with van der Waals surface area (Å²) >= 11 is 0. The minimum absolute atomic E-state index is 0.0877. The molecule has 1 amide bonds. The summed E-state index contributed by atoms with van der Waals surface area (Å²) in [4.78, 5) is 51.2. The zero-order valence-electron chi connectivity index (χ0n) is 15.5. The summed E-state index contributed by atoms with van der Waals surface area (Å²) in [5, 5.41) is 6.91. The molecule has 0 spiro atoms. The van der Waals surface area contributed by atoms with E-state index in [1.807, 2.05) is 0 Å². The highest BCUT2D eigenvalue weighted by Crippen LogP contribution is 2.38. The van der Waals surface area contributed by atoms with Gasteiger partial charge in [-0.25, -0.2) is 9.48 Å². The molecule has 1 fully saturated rings. The van der Waals surface area contributed by atoms with Gasteiger partial charge in [0.05, 0.1) is 25.0 Å². The number of aromatic nitrogens is 4. The fraction of sp³-hybridized carbons (Fsp3) is 0.316. The van der Waals surface area contributed by atoms with Crippen molar-refractivity contribution < 1.29 is 9.21 Å². The average Bonchev–Trinajstić information content (AvgIpc) is 3.42. The molecule has 0 bridgehead atoms. The fourth-order valence-electron chi connectivity index (χ4n) is 2.97. The van der Waals surface area contributed by atoms with Crippen LogP contribution in [0.1, 0.15) is 40.6 Å². The van der Waals surface area contributed by atoms with E-state index in [2.05, 4.69) is 15.4 Å². The van der Waals surface area contributed by atoms with Gasteiger partial charge >= 0.3 is 5.69 Å². The van der Waals surface area contributed by atoms with Crippen LogP contribution in [-0.2, 0) is 13.1 Å². The molecule has 3 aromatic heterocycles. The van der Waals surface area contributed by atoms with Crippen molar-refractivity contribution >= 4 is 5.91 Å². The first-order chi connectivity index (χ1) is 14.0. The van der Waals surface area contributed by atoms with Gasteiger partial charge in [-0.3, -0.25) is 19.0 Å². The molecule has 2 N–H and O–H groups in total. The van der Waals surface area contributed by atoms with Gasteiger partial charge in [0.2, 0.25) is 0 Å². The third kappa shape index (κ3) is 4.10. The van der Waals surface area contributed by atoms with Crippen molar-refractivity contribution in [2.45, 2.75) is 31.8 Å². The van der Waals surface area contributed by atoms with E-state index in [1.54, 1.807) is 18.2 Å². The van der Waals surface area contributed by atoms with Crippen LogP contribution < -0.4 is 22.1 Å². The second kappa shape index (κ2) is 7.74. The Hall–Kier alpha value is -3.69. The molecule has 10 heteroatoms. The van der Waals surface area contributed by atoms with E-state index in [0.29, 0.717) is 11.7 Å². The van der Waals surface area contributed by atoms with Gasteiger partial charge in [-0.15, -0.1) is 0 Å². The second-order valence-electron chi connectivity index (χ2n) is 6.83. The number of furan rings is 1. The Morgan fingerprint density at radius 3 is 2.79 bits per heavy atom. The number of aromatic amines is 1. The highest BCUT2D eigenvalue weighted by Gasteiger charge is 2.25. The number of H-pyrrole nitrogens is 1. The maximum Gasteiger partial charge on any atom is 0.328 e. The first-order valence-corrected chi connectivity index (χ1v) is 9.24. The lowest BCUT2D eigenvalue weighted by Crippen LogP contribution is -2.41. The predicted molar refractivity (Wildman–Crippen MR) is 102 cm³/mol. The van der Waals surface area contributed by atoms with E-state index in [0.717, 1.165) is 29.3 Å². The van der Waals surface area contributed by atoms with Gasteiger partial charge < -0.3 is 14.7 Å². The van der Waals surface area contributed by atoms with Crippen LogP contribution in [0.3, 0.4) is 0 Å². The molecule has 0 atom stereocenters. The number of nitrogens with zero attached hydrogens (tertiary/aromatic N) is 3. The highest BCUT2D eigenvalue weighted by atomic mass is 16.3. The van der Waals surface area contributed by atoms with Crippen LogP contribution in [0.4, 0.5) is 0 Å². The molecule has 3 heterocycles. The number of carbonyl (C=O) groups excluding carboxylic acids is 1.